The Kier molecular flexibility index (Phi) is 2.78. The first kappa shape index (κ1) is 11.1. The number of aryl methyl sites for hydroxylation is 1. The summed E-state index contributed by atoms with van der Waals surface area (Å²) in [5.41, 5.74) is 0.938. The summed E-state index contributed by atoms with van der Waals surface area (Å²) in [4.78, 5) is 5.88. The van der Waals surface area contributed by atoms with Crippen LogP contribution in [0, 0.1) is 18.3 Å². The SMILES string of the molecule is Cc1onc(Cc2nc(N(C)C)no2)c1C#N. The maximum Gasteiger partial charge on any atom is 0.265 e. The summed E-state index contributed by atoms with van der Waals surface area (Å²) in [6.45, 7) is 1.69. The van der Waals surface area contributed by atoms with Crippen molar-refractivity contribution in [3.63, 3.8) is 0 Å². The van der Waals surface area contributed by atoms with Gasteiger partial charge in [-0.15, -0.1) is 0 Å². The maximum absolute atomic E-state index is 8.93. The van der Waals surface area contributed by atoms with Crippen molar-refractivity contribution in [3.05, 3.63) is 22.9 Å². The fourth-order valence-corrected chi connectivity index (χ4v) is 1.32. The van der Waals surface area contributed by atoms with Crippen LogP contribution in [0.5, 0.6) is 0 Å². The van der Waals surface area contributed by atoms with E-state index < -0.39 is 0 Å². The molecule has 7 heteroatoms. The topological polar surface area (TPSA) is 92.0 Å². The molecule has 0 amide bonds. The van der Waals surface area contributed by atoms with Gasteiger partial charge in [-0.3, -0.25) is 0 Å². The zero-order chi connectivity index (χ0) is 12.4. The molecule has 2 rings (SSSR count). The molecule has 2 aromatic rings. The van der Waals surface area contributed by atoms with Crippen LogP contribution < -0.4 is 4.90 Å². The number of rotatable bonds is 3. The summed E-state index contributed by atoms with van der Waals surface area (Å²) in [6.07, 6.45) is 0.293. The van der Waals surface area contributed by atoms with Gasteiger partial charge in [0.25, 0.3) is 5.95 Å². The van der Waals surface area contributed by atoms with Crippen LogP contribution in [0.15, 0.2) is 9.05 Å². The zero-order valence-corrected chi connectivity index (χ0v) is 9.76. The van der Waals surface area contributed by atoms with Gasteiger partial charge >= 0.3 is 0 Å². The Bertz CT molecular complexity index is 564. The lowest BCUT2D eigenvalue weighted by atomic mass is 10.2. The molecule has 17 heavy (non-hydrogen) atoms. The molecule has 2 aromatic heterocycles. The molecule has 0 saturated carbocycles. The summed E-state index contributed by atoms with van der Waals surface area (Å²) in [5.74, 6) is 1.38. The number of nitrogens with zero attached hydrogens (tertiary/aromatic N) is 5. The summed E-state index contributed by atoms with van der Waals surface area (Å²) >= 11 is 0. The fraction of sp³-hybridized carbons (Fsp3) is 0.400. The molecular formula is C10H11N5O2. The van der Waals surface area contributed by atoms with Crippen molar-refractivity contribution in [2.75, 3.05) is 19.0 Å². The molecule has 0 saturated heterocycles. The van der Waals surface area contributed by atoms with E-state index in [1.165, 1.54) is 0 Å². The predicted molar refractivity (Wildman–Crippen MR) is 57.4 cm³/mol. The Hall–Kier alpha value is -2.36. The second kappa shape index (κ2) is 4.25. The normalized spacial score (nSPS) is 10.2. The zero-order valence-electron chi connectivity index (χ0n) is 9.76. The second-order valence-electron chi connectivity index (χ2n) is 3.73. The van der Waals surface area contributed by atoms with Crippen LogP contribution in [0.1, 0.15) is 22.9 Å². The van der Waals surface area contributed by atoms with E-state index in [1.54, 1.807) is 11.8 Å². The van der Waals surface area contributed by atoms with Gasteiger partial charge in [0.2, 0.25) is 5.89 Å². The lowest BCUT2D eigenvalue weighted by molar-refractivity contribution is 0.371. The van der Waals surface area contributed by atoms with E-state index in [9.17, 15) is 0 Å². The van der Waals surface area contributed by atoms with Crippen molar-refractivity contribution in [2.45, 2.75) is 13.3 Å². The molecule has 2 heterocycles. The second-order valence-corrected chi connectivity index (χ2v) is 3.73. The monoisotopic (exact) mass is 233 g/mol. The van der Waals surface area contributed by atoms with Gasteiger partial charge in [-0.1, -0.05) is 5.16 Å². The Morgan fingerprint density at radius 2 is 2.06 bits per heavy atom. The molecule has 0 unspecified atom stereocenters. The first-order valence-corrected chi connectivity index (χ1v) is 4.97. The molecule has 88 valence electrons. The summed E-state index contributed by atoms with van der Waals surface area (Å²) < 4.78 is 9.99. The lowest BCUT2D eigenvalue weighted by Crippen LogP contribution is -2.10. The molecule has 0 aliphatic carbocycles. The average Bonchev–Trinajstić information content (AvgIpc) is 2.87. The van der Waals surface area contributed by atoms with Crippen LogP contribution in [-0.2, 0) is 6.42 Å². The fourth-order valence-electron chi connectivity index (χ4n) is 1.32. The molecule has 0 radical (unpaired) electrons. The van der Waals surface area contributed by atoms with Gasteiger partial charge in [0.05, 0.1) is 6.42 Å². The number of aromatic nitrogens is 3. The van der Waals surface area contributed by atoms with E-state index in [0.29, 0.717) is 35.3 Å². The van der Waals surface area contributed by atoms with Crippen LogP contribution in [-0.4, -0.2) is 29.4 Å². The largest absolute Gasteiger partial charge is 0.360 e. The van der Waals surface area contributed by atoms with E-state index in [-0.39, 0.29) is 0 Å². The van der Waals surface area contributed by atoms with Gasteiger partial charge in [-0.2, -0.15) is 10.2 Å². The van der Waals surface area contributed by atoms with Crippen molar-refractivity contribution in [2.24, 2.45) is 0 Å². The Labute approximate surface area is 97.6 Å². The van der Waals surface area contributed by atoms with Crippen LogP contribution in [0.25, 0.3) is 0 Å². The standard InChI is InChI=1S/C10H11N5O2/c1-6-7(5-11)8(13-16-6)4-9-12-10(14-17-9)15(2)3/h4H2,1-3H3. The van der Waals surface area contributed by atoms with E-state index >= 15 is 0 Å². The Morgan fingerprint density at radius 3 is 2.65 bits per heavy atom. The molecule has 0 aliphatic rings. The highest BCUT2D eigenvalue weighted by Gasteiger charge is 2.16. The maximum atomic E-state index is 8.93. The molecule has 0 aromatic carbocycles. The van der Waals surface area contributed by atoms with Crippen molar-refractivity contribution in [1.29, 1.82) is 5.26 Å². The third-order valence-electron chi connectivity index (χ3n) is 2.22. The first-order chi connectivity index (χ1) is 8.11. The van der Waals surface area contributed by atoms with Gasteiger partial charge in [-0.25, -0.2) is 0 Å². The van der Waals surface area contributed by atoms with Crippen LogP contribution in [0.4, 0.5) is 5.95 Å². The number of anilines is 1. The van der Waals surface area contributed by atoms with Crippen LogP contribution in [0.2, 0.25) is 0 Å². The van der Waals surface area contributed by atoms with Gasteiger partial charge in [0.1, 0.15) is 17.3 Å². The minimum Gasteiger partial charge on any atom is -0.360 e. The minimum atomic E-state index is 0.293. The molecular weight excluding hydrogens is 222 g/mol. The smallest absolute Gasteiger partial charge is 0.265 e. The van der Waals surface area contributed by atoms with Gasteiger partial charge < -0.3 is 13.9 Å². The highest BCUT2D eigenvalue weighted by molar-refractivity contribution is 5.36. The summed E-state index contributed by atoms with van der Waals surface area (Å²) in [6, 6.07) is 2.04. The van der Waals surface area contributed by atoms with Crippen molar-refractivity contribution >= 4 is 5.95 Å². The Morgan fingerprint density at radius 1 is 1.29 bits per heavy atom. The van der Waals surface area contributed by atoms with Crippen molar-refractivity contribution in [3.8, 4) is 6.07 Å². The summed E-state index contributed by atoms with van der Waals surface area (Å²) in [7, 11) is 3.63. The van der Waals surface area contributed by atoms with Gasteiger partial charge in [0.15, 0.2) is 5.76 Å². The molecule has 0 N–H and O–H groups in total. The van der Waals surface area contributed by atoms with Crippen LogP contribution in [0.3, 0.4) is 0 Å². The Balaban J connectivity index is 2.23. The van der Waals surface area contributed by atoms with E-state index in [1.807, 2.05) is 20.2 Å². The molecule has 0 bridgehead atoms. The number of hydrogen-bond acceptors (Lipinski definition) is 7. The van der Waals surface area contributed by atoms with E-state index in [2.05, 4.69) is 15.3 Å². The third kappa shape index (κ3) is 2.10. The highest BCUT2D eigenvalue weighted by atomic mass is 16.5. The minimum absolute atomic E-state index is 0.293. The van der Waals surface area contributed by atoms with Gasteiger partial charge in [0, 0.05) is 14.1 Å². The predicted octanol–water partition coefficient (Wildman–Crippen LogP) is 0.894. The number of nitriles is 1. The van der Waals surface area contributed by atoms with E-state index in [4.69, 9.17) is 14.3 Å². The summed E-state index contributed by atoms with van der Waals surface area (Å²) in [5, 5.41) is 16.5. The van der Waals surface area contributed by atoms with E-state index in [0.717, 1.165) is 0 Å². The molecule has 0 spiro atoms. The quantitative estimate of drug-likeness (QED) is 0.777. The molecule has 0 fully saturated rings. The lowest BCUT2D eigenvalue weighted by Gasteiger charge is -2.02. The molecule has 0 aliphatic heterocycles. The van der Waals surface area contributed by atoms with Crippen molar-refractivity contribution < 1.29 is 9.05 Å². The van der Waals surface area contributed by atoms with Crippen molar-refractivity contribution in [1.82, 2.24) is 15.3 Å². The molecule has 0 atom stereocenters. The third-order valence-corrected chi connectivity index (χ3v) is 2.22. The van der Waals surface area contributed by atoms with Crippen LogP contribution >= 0.6 is 0 Å². The first-order valence-electron chi connectivity index (χ1n) is 4.97. The highest BCUT2D eigenvalue weighted by Crippen LogP contribution is 2.16. The van der Waals surface area contributed by atoms with Gasteiger partial charge in [-0.05, 0) is 12.1 Å². The average molecular weight is 233 g/mol. The molecule has 7 nitrogen and oxygen atoms in total. The number of hydrogen-bond donors (Lipinski definition) is 0.